The first-order valence-corrected chi connectivity index (χ1v) is 23.9. The van der Waals surface area contributed by atoms with E-state index >= 15 is 0 Å². The molecular weight excluding hydrogens is 469 g/mol. The van der Waals surface area contributed by atoms with Gasteiger partial charge in [0.1, 0.15) is 0 Å². The van der Waals surface area contributed by atoms with E-state index in [1.165, 1.54) is 180 Å². The Bertz CT molecular complexity index is 356. The van der Waals surface area contributed by atoms with Crippen LogP contribution in [0.5, 0.6) is 0 Å². The molecule has 0 bridgehead atoms. The molecule has 0 saturated heterocycles. The third kappa shape index (κ3) is 32.5. The van der Waals surface area contributed by atoms with Crippen LogP contribution in [0.4, 0.5) is 0 Å². The first kappa shape index (κ1) is 34.5. The molecule has 0 amide bonds. The van der Waals surface area contributed by atoms with E-state index in [1.807, 2.05) is 0 Å². The average molecular weight is 539 g/mol. The van der Waals surface area contributed by atoms with Crippen molar-refractivity contribution >= 4 is 13.3 Å². The van der Waals surface area contributed by atoms with Crippen molar-refractivity contribution in [1.29, 1.82) is 0 Å². The summed E-state index contributed by atoms with van der Waals surface area (Å²) >= 11 is -1.36. The van der Waals surface area contributed by atoms with E-state index in [-0.39, 0.29) is 0 Å². The number of hydrogen-bond acceptors (Lipinski definition) is 0. The standard InChI is InChI=1S/C33H69Ge/c1-5-6-7-8-9-10-11-12-13-14-15-16-17-18-19-20-21-22-23-24-25-26-27-28-29-30-31-32-33-34(2,3)4/h33H,5-32H2,1-4H3. The minimum absolute atomic E-state index is 1.36. The third-order valence-electron chi connectivity index (χ3n) is 7.56. The van der Waals surface area contributed by atoms with Crippen LogP contribution >= 0.6 is 0 Å². The maximum atomic E-state index is 2.68. The normalized spacial score (nSPS) is 12.0. The van der Waals surface area contributed by atoms with E-state index in [4.69, 9.17) is 0 Å². The summed E-state index contributed by atoms with van der Waals surface area (Å²) in [6.07, 6.45) is 41.4. The molecule has 0 N–H and O–H groups in total. The van der Waals surface area contributed by atoms with Gasteiger partial charge in [-0.05, 0) is 0 Å². The van der Waals surface area contributed by atoms with Crippen LogP contribution < -0.4 is 0 Å². The Hall–Kier alpha value is 0.543. The fourth-order valence-electron chi connectivity index (χ4n) is 5.17. The molecule has 0 rings (SSSR count). The summed E-state index contributed by atoms with van der Waals surface area (Å²) in [6.45, 7) is 2.31. The van der Waals surface area contributed by atoms with Crippen LogP contribution in [-0.2, 0) is 0 Å². The molecule has 0 spiro atoms. The van der Waals surface area contributed by atoms with Gasteiger partial charge in [0.25, 0.3) is 0 Å². The van der Waals surface area contributed by atoms with Crippen LogP contribution in [0, 0.1) is 5.25 Å². The number of hydrogen-bond donors (Lipinski definition) is 0. The molecule has 0 aliphatic rings. The molecule has 0 aromatic heterocycles. The van der Waals surface area contributed by atoms with E-state index in [0.717, 1.165) is 0 Å². The van der Waals surface area contributed by atoms with Crippen LogP contribution in [0.3, 0.4) is 0 Å². The summed E-state index contributed by atoms with van der Waals surface area (Å²) in [6, 6.07) is 0. The molecule has 0 fully saturated rings. The molecule has 0 unspecified atom stereocenters. The van der Waals surface area contributed by atoms with Crippen LogP contribution in [0.25, 0.3) is 0 Å². The molecule has 1 heteroatoms. The van der Waals surface area contributed by atoms with Crippen LogP contribution in [-0.4, -0.2) is 13.3 Å². The number of rotatable bonds is 29. The first-order chi connectivity index (χ1) is 16.6. The molecule has 205 valence electrons. The fraction of sp³-hybridized carbons (Fsp3) is 0.970. The van der Waals surface area contributed by atoms with Crippen molar-refractivity contribution in [3.8, 4) is 0 Å². The van der Waals surface area contributed by atoms with Gasteiger partial charge < -0.3 is 0 Å². The van der Waals surface area contributed by atoms with Gasteiger partial charge in [0, 0.05) is 0 Å². The fourth-order valence-corrected chi connectivity index (χ4v) is 7.42. The molecule has 0 atom stereocenters. The van der Waals surface area contributed by atoms with Crippen LogP contribution in [0.2, 0.25) is 17.3 Å². The molecule has 0 nitrogen and oxygen atoms in total. The summed E-state index contributed by atoms with van der Waals surface area (Å²) in [5.74, 6) is 7.50. The molecule has 0 saturated carbocycles. The zero-order valence-corrected chi connectivity index (χ0v) is 27.0. The Labute approximate surface area is 222 Å². The SMILES string of the molecule is CCCCCCCCCCCCCCCCCCCCCCCCCCCCC[CH][Ge]([CH3])([CH3])[CH3]. The molecule has 0 heterocycles. The Morgan fingerprint density at radius 2 is 0.529 bits per heavy atom. The van der Waals surface area contributed by atoms with Crippen molar-refractivity contribution in [3.63, 3.8) is 0 Å². The van der Waals surface area contributed by atoms with Crippen molar-refractivity contribution in [2.24, 2.45) is 0 Å². The summed E-state index contributed by atoms with van der Waals surface area (Å²) in [7, 11) is 0. The van der Waals surface area contributed by atoms with Gasteiger partial charge in [0.15, 0.2) is 0 Å². The van der Waals surface area contributed by atoms with Crippen molar-refractivity contribution in [2.45, 2.75) is 204 Å². The predicted molar refractivity (Wildman–Crippen MR) is 163 cm³/mol. The van der Waals surface area contributed by atoms with Crippen molar-refractivity contribution < 1.29 is 0 Å². The molecule has 0 aliphatic heterocycles. The zero-order valence-electron chi connectivity index (χ0n) is 24.9. The van der Waals surface area contributed by atoms with E-state index in [2.05, 4.69) is 29.4 Å². The van der Waals surface area contributed by atoms with Gasteiger partial charge in [-0.25, -0.2) is 0 Å². The second-order valence-corrected chi connectivity index (χ2v) is 23.3. The summed E-state index contributed by atoms with van der Waals surface area (Å²) in [5.41, 5.74) is 0. The molecule has 34 heavy (non-hydrogen) atoms. The maximum absolute atomic E-state index is 2.68. The summed E-state index contributed by atoms with van der Waals surface area (Å²) in [4.78, 5) is 0. The number of unbranched alkanes of at least 4 members (excludes halogenated alkanes) is 27. The zero-order chi connectivity index (χ0) is 25.0. The van der Waals surface area contributed by atoms with Gasteiger partial charge in [-0.15, -0.1) is 0 Å². The summed E-state index contributed by atoms with van der Waals surface area (Å²) in [5, 5.41) is 2.68. The van der Waals surface area contributed by atoms with Gasteiger partial charge >= 0.3 is 106 Å². The molecule has 0 aromatic rings. The average Bonchev–Trinajstić information content (AvgIpc) is 2.80. The quantitative estimate of drug-likeness (QED) is 0.0656. The second kappa shape index (κ2) is 28.1. The van der Waals surface area contributed by atoms with Gasteiger partial charge in [0.2, 0.25) is 0 Å². The molecule has 1 radical (unpaired) electrons. The van der Waals surface area contributed by atoms with Crippen molar-refractivity contribution in [2.75, 3.05) is 0 Å². The van der Waals surface area contributed by atoms with E-state index < -0.39 is 13.3 Å². The summed E-state index contributed by atoms with van der Waals surface area (Å²) < 4.78 is 0. The van der Waals surface area contributed by atoms with Crippen molar-refractivity contribution in [3.05, 3.63) is 5.25 Å². The predicted octanol–water partition coefficient (Wildman–Crippen LogP) is 13.0. The Kier molecular flexibility index (Phi) is 28.6. The monoisotopic (exact) mass is 539 g/mol. The van der Waals surface area contributed by atoms with E-state index in [0.29, 0.717) is 0 Å². The van der Waals surface area contributed by atoms with Crippen LogP contribution in [0.15, 0.2) is 0 Å². The van der Waals surface area contributed by atoms with Gasteiger partial charge in [0.05, 0.1) is 0 Å². The van der Waals surface area contributed by atoms with Gasteiger partial charge in [-0.2, -0.15) is 0 Å². The van der Waals surface area contributed by atoms with Crippen LogP contribution in [0.1, 0.15) is 187 Å². The Morgan fingerprint density at radius 3 is 0.735 bits per heavy atom. The molecular formula is C33H69Ge. The minimum atomic E-state index is -1.36. The Balaban J connectivity index is 3.03. The third-order valence-corrected chi connectivity index (χ3v) is 10.7. The van der Waals surface area contributed by atoms with Gasteiger partial charge in [-0.3, -0.25) is 0 Å². The first-order valence-electron chi connectivity index (χ1n) is 16.4. The Morgan fingerprint density at radius 1 is 0.324 bits per heavy atom. The second-order valence-electron chi connectivity index (χ2n) is 12.6. The van der Waals surface area contributed by atoms with Gasteiger partial charge in [-0.1, -0.05) is 116 Å². The topological polar surface area (TPSA) is 0 Å². The molecule has 0 aromatic carbocycles. The molecule has 0 aliphatic carbocycles. The van der Waals surface area contributed by atoms with E-state index in [1.54, 1.807) is 0 Å². The van der Waals surface area contributed by atoms with E-state index in [9.17, 15) is 0 Å². The van der Waals surface area contributed by atoms with Crippen molar-refractivity contribution in [1.82, 2.24) is 0 Å².